The van der Waals surface area contributed by atoms with Crippen LogP contribution in [-0.2, 0) is 6.42 Å². The number of hydrogen-bond acceptors (Lipinski definition) is 8. The Labute approximate surface area is 189 Å². The second kappa shape index (κ2) is 10.8. The molecule has 0 unspecified atom stereocenters. The highest BCUT2D eigenvalue weighted by atomic mass is 16.6. The van der Waals surface area contributed by atoms with Gasteiger partial charge < -0.3 is 20.4 Å². The molecule has 0 aliphatic heterocycles. The van der Waals surface area contributed by atoms with Crippen LogP contribution in [0.15, 0.2) is 70.6 Å². The molecule has 3 rings (SSSR count). The van der Waals surface area contributed by atoms with E-state index in [9.17, 15) is 30.5 Å². The molecule has 170 valence electrons. The molecule has 0 aromatic heterocycles. The molecule has 9 heteroatoms. The molecule has 0 saturated heterocycles. The molecule has 0 aliphatic carbocycles. The number of nitrogens with zero attached hydrogens (tertiary/aromatic N) is 3. The van der Waals surface area contributed by atoms with E-state index in [0.717, 1.165) is 5.56 Å². The molecule has 9 nitrogen and oxygen atoms in total. The van der Waals surface area contributed by atoms with Gasteiger partial charge in [-0.1, -0.05) is 24.3 Å². The topological polar surface area (TPSA) is 149 Å². The summed E-state index contributed by atoms with van der Waals surface area (Å²) >= 11 is 0. The minimum atomic E-state index is -0.459. The van der Waals surface area contributed by atoms with Gasteiger partial charge in [0.05, 0.1) is 4.92 Å². The van der Waals surface area contributed by atoms with Gasteiger partial charge in [-0.05, 0) is 36.2 Å². The summed E-state index contributed by atoms with van der Waals surface area (Å²) in [6, 6.07) is 15.4. The van der Waals surface area contributed by atoms with E-state index in [1.54, 1.807) is 36.4 Å². The lowest BCUT2D eigenvalue weighted by molar-refractivity contribution is -0.384. The van der Waals surface area contributed by atoms with Crippen LogP contribution in [0.5, 0.6) is 23.0 Å². The van der Waals surface area contributed by atoms with Crippen LogP contribution in [0, 0.1) is 16.0 Å². The lowest BCUT2D eigenvalue weighted by Gasteiger charge is -2.12. The Morgan fingerprint density at radius 2 is 1.27 bits per heavy atom. The number of phenols is 4. The maximum absolute atomic E-state index is 10.9. The molecule has 0 fully saturated rings. The Morgan fingerprint density at radius 3 is 1.73 bits per heavy atom. The smallest absolute Gasteiger partial charge is 0.269 e. The van der Waals surface area contributed by atoms with Gasteiger partial charge in [-0.15, -0.1) is 0 Å². The van der Waals surface area contributed by atoms with Crippen LogP contribution in [0.2, 0.25) is 0 Å². The van der Waals surface area contributed by atoms with Gasteiger partial charge in [-0.25, -0.2) is 0 Å². The van der Waals surface area contributed by atoms with E-state index in [0.29, 0.717) is 30.6 Å². The Kier molecular flexibility index (Phi) is 7.59. The third-order valence-electron chi connectivity index (χ3n) is 4.95. The first kappa shape index (κ1) is 23.3. The molecule has 0 radical (unpaired) electrons. The molecular weight excluding hydrogens is 426 g/mol. The lowest BCUT2D eigenvalue weighted by atomic mass is 9.99. The van der Waals surface area contributed by atoms with Crippen molar-refractivity contribution in [1.29, 1.82) is 0 Å². The summed E-state index contributed by atoms with van der Waals surface area (Å²) in [5, 5.41) is 50.0. The second-order valence-electron chi connectivity index (χ2n) is 7.41. The quantitative estimate of drug-likeness (QED) is 0.169. The first-order valence-corrected chi connectivity index (χ1v) is 10.1. The van der Waals surface area contributed by atoms with Gasteiger partial charge >= 0.3 is 0 Å². The summed E-state index contributed by atoms with van der Waals surface area (Å²) in [4.78, 5) is 19.2. The van der Waals surface area contributed by atoms with E-state index >= 15 is 0 Å². The monoisotopic (exact) mass is 449 g/mol. The molecule has 0 aliphatic rings. The maximum Gasteiger partial charge on any atom is 0.269 e. The largest absolute Gasteiger partial charge is 0.504 e. The van der Waals surface area contributed by atoms with Gasteiger partial charge in [0.2, 0.25) is 0 Å². The molecule has 0 atom stereocenters. The molecular formula is C24H23N3O6. The fourth-order valence-corrected chi connectivity index (χ4v) is 3.18. The minimum Gasteiger partial charge on any atom is -0.504 e. The van der Waals surface area contributed by atoms with E-state index in [1.165, 1.54) is 36.7 Å². The molecule has 3 aromatic carbocycles. The first-order chi connectivity index (χ1) is 15.8. The summed E-state index contributed by atoms with van der Waals surface area (Å²) in [6.07, 6.45) is 3.45. The van der Waals surface area contributed by atoms with Gasteiger partial charge in [0, 0.05) is 54.7 Å². The summed E-state index contributed by atoms with van der Waals surface area (Å²) in [5.41, 5.74) is 1.62. The molecule has 0 spiro atoms. The molecule has 0 bridgehead atoms. The highest BCUT2D eigenvalue weighted by Crippen LogP contribution is 2.28. The van der Waals surface area contributed by atoms with E-state index in [1.807, 2.05) is 0 Å². The molecule has 0 heterocycles. The second-order valence-corrected chi connectivity index (χ2v) is 7.41. The number of para-hydroxylation sites is 2. The lowest BCUT2D eigenvalue weighted by Crippen LogP contribution is -2.13. The van der Waals surface area contributed by atoms with Crippen molar-refractivity contribution >= 4 is 18.1 Å². The number of nitro benzene ring substituents is 1. The van der Waals surface area contributed by atoms with Crippen LogP contribution in [-0.4, -0.2) is 50.9 Å². The Hall–Kier alpha value is -4.40. The van der Waals surface area contributed by atoms with Crippen LogP contribution >= 0.6 is 0 Å². The van der Waals surface area contributed by atoms with Crippen LogP contribution in [0.3, 0.4) is 0 Å². The predicted octanol–water partition coefficient (Wildman–Crippen LogP) is 3.81. The normalized spacial score (nSPS) is 12.4. The van der Waals surface area contributed by atoms with E-state index < -0.39 is 4.92 Å². The number of nitro groups is 1. The molecule has 33 heavy (non-hydrogen) atoms. The van der Waals surface area contributed by atoms with Gasteiger partial charge in [-0.3, -0.25) is 20.1 Å². The third kappa shape index (κ3) is 6.30. The minimum absolute atomic E-state index is 0.00469. The van der Waals surface area contributed by atoms with Crippen molar-refractivity contribution in [2.45, 2.75) is 6.42 Å². The van der Waals surface area contributed by atoms with Crippen LogP contribution in [0.1, 0.15) is 16.7 Å². The van der Waals surface area contributed by atoms with Gasteiger partial charge in [0.25, 0.3) is 5.69 Å². The summed E-state index contributed by atoms with van der Waals surface area (Å²) in [5.74, 6) is -1.09. The maximum atomic E-state index is 10.9. The van der Waals surface area contributed by atoms with Crippen molar-refractivity contribution in [1.82, 2.24) is 0 Å². The average molecular weight is 449 g/mol. The highest BCUT2D eigenvalue weighted by molar-refractivity contribution is 5.85. The van der Waals surface area contributed by atoms with Gasteiger partial charge in [0.15, 0.2) is 23.0 Å². The molecule has 3 aromatic rings. The number of non-ortho nitro benzene ring substituents is 1. The highest BCUT2D eigenvalue weighted by Gasteiger charge is 2.12. The van der Waals surface area contributed by atoms with Crippen molar-refractivity contribution in [2.75, 3.05) is 13.1 Å². The Morgan fingerprint density at radius 1 is 0.788 bits per heavy atom. The predicted molar refractivity (Wildman–Crippen MR) is 125 cm³/mol. The average Bonchev–Trinajstić information content (AvgIpc) is 2.79. The molecule has 0 amide bonds. The van der Waals surface area contributed by atoms with Crippen molar-refractivity contribution in [3.05, 3.63) is 87.5 Å². The SMILES string of the molecule is O=[N+]([O-])c1ccc(CC(CN=Cc2cccc(O)c2O)CN=Cc2cccc(O)c2O)cc1. The summed E-state index contributed by atoms with van der Waals surface area (Å²) < 4.78 is 0. The number of hydrogen-bond donors (Lipinski definition) is 4. The van der Waals surface area contributed by atoms with Crippen LogP contribution in [0.4, 0.5) is 5.69 Å². The van der Waals surface area contributed by atoms with E-state index in [-0.39, 0.29) is 34.6 Å². The Bertz CT molecular complexity index is 1110. The fraction of sp³-hybridized carbons (Fsp3) is 0.167. The first-order valence-electron chi connectivity index (χ1n) is 10.1. The molecule has 0 saturated carbocycles. The number of rotatable bonds is 9. The Balaban J connectivity index is 1.75. The molecule has 4 N–H and O–H groups in total. The van der Waals surface area contributed by atoms with Crippen molar-refractivity contribution < 1.29 is 25.3 Å². The number of aromatic hydroxyl groups is 4. The zero-order valence-corrected chi connectivity index (χ0v) is 17.6. The number of aliphatic imine (C=N–C) groups is 2. The third-order valence-corrected chi connectivity index (χ3v) is 4.95. The van der Waals surface area contributed by atoms with E-state index in [4.69, 9.17) is 0 Å². The van der Waals surface area contributed by atoms with Crippen LogP contribution < -0.4 is 0 Å². The zero-order chi connectivity index (χ0) is 23.8. The van der Waals surface area contributed by atoms with Gasteiger partial charge in [-0.2, -0.15) is 0 Å². The van der Waals surface area contributed by atoms with Gasteiger partial charge in [0.1, 0.15) is 0 Å². The number of phenolic OH excluding ortho intramolecular Hbond substituents is 4. The zero-order valence-electron chi connectivity index (χ0n) is 17.6. The summed E-state index contributed by atoms with van der Waals surface area (Å²) in [7, 11) is 0. The van der Waals surface area contributed by atoms with Crippen molar-refractivity contribution in [3.63, 3.8) is 0 Å². The standard InChI is InChI=1S/C24H23N3O6/c28-21-5-1-3-18(23(21)30)14-25-12-17(11-16-7-9-20(10-8-16)27(32)33)13-26-15-19-4-2-6-22(29)24(19)31/h1-10,14-15,17,28-31H,11-13H2. The van der Waals surface area contributed by atoms with Crippen LogP contribution in [0.25, 0.3) is 0 Å². The fourth-order valence-electron chi connectivity index (χ4n) is 3.18. The van der Waals surface area contributed by atoms with E-state index in [2.05, 4.69) is 9.98 Å². The van der Waals surface area contributed by atoms with Crippen molar-refractivity contribution in [2.24, 2.45) is 15.9 Å². The number of benzene rings is 3. The summed E-state index contributed by atoms with van der Waals surface area (Å²) in [6.45, 7) is 0.658. The van der Waals surface area contributed by atoms with Crippen molar-refractivity contribution in [3.8, 4) is 23.0 Å².